The van der Waals surface area contributed by atoms with Crippen molar-refractivity contribution in [2.45, 2.75) is 32.9 Å². The molecule has 1 aromatic rings. The number of hydrogen-bond donors (Lipinski definition) is 1. The van der Waals surface area contributed by atoms with Gasteiger partial charge in [-0.15, -0.1) is 11.3 Å². The second-order valence-electron chi connectivity index (χ2n) is 4.46. The highest BCUT2D eigenvalue weighted by Crippen LogP contribution is 2.27. The summed E-state index contributed by atoms with van der Waals surface area (Å²) in [5.74, 6) is -0.849. The SMILES string of the molecule is Cc1ccc(CN2CCC(C(=O)O)C2C)s1. The molecule has 0 bridgehead atoms. The summed E-state index contributed by atoms with van der Waals surface area (Å²) < 4.78 is 0. The Hall–Kier alpha value is -0.870. The quantitative estimate of drug-likeness (QED) is 0.880. The number of aryl methyl sites for hydroxylation is 1. The standard InChI is InChI=1S/C12H17NO2S/c1-8-3-4-10(16-8)7-13-6-5-11(9(13)2)12(14)15/h3-4,9,11H,5-7H2,1-2H3,(H,14,15). The topological polar surface area (TPSA) is 40.5 Å². The van der Waals surface area contributed by atoms with E-state index in [2.05, 4.69) is 24.0 Å². The highest BCUT2D eigenvalue weighted by molar-refractivity contribution is 7.11. The van der Waals surface area contributed by atoms with Crippen LogP contribution in [0.1, 0.15) is 23.1 Å². The Morgan fingerprint density at radius 2 is 2.38 bits per heavy atom. The first-order valence-electron chi connectivity index (χ1n) is 5.60. The lowest BCUT2D eigenvalue weighted by atomic mass is 10.0. The van der Waals surface area contributed by atoms with E-state index in [1.165, 1.54) is 9.75 Å². The lowest BCUT2D eigenvalue weighted by molar-refractivity contribution is -0.142. The molecule has 1 aliphatic heterocycles. The van der Waals surface area contributed by atoms with E-state index in [4.69, 9.17) is 5.11 Å². The molecular formula is C12H17NO2S. The Bertz CT molecular complexity index is 388. The number of likely N-dealkylation sites (tertiary alicyclic amines) is 1. The van der Waals surface area contributed by atoms with Crippen LogP contribution in [0.5, 0.6) is 0 Å². The van der Waals surface area contributed by atoms with E-state index in [1.54, 1.807) is 11.3 Å². The zero-order valence-electron chi connectivity index (χ0n) is 9.64. The van der Waals surface area contributed by atoms with Crippen molar-refractivity contribution in [1.82, 2.24) is 4.90 Å². The number of hydrogen-bond acceptors (Lipinski definition) is 3. The Morgan fingerprint density at radius 3 is 2.88 bits per heavy atom. The van der Waals surface area contributed by atoms with Crippen LogP contribution in [0.2, 0.25) is 0 Å². The number of thiophene rings is 1. The molecule has 2 heterocycles. The molecule has 16 heavy (non-hydrogen) atoms. The van der Waals surface area contributed by atoms with Gasteiger partial charge in [0.25, 0.3) is 0 Å². The van der Waals surface area contributed by atoms with Crippen LogP contribution in [0.4, 0.5) is 0 Å². The van der Waals surface area contributed by atoms with Crippen LogP contribution in [-0.4, -0.2) is 28.6 Å². The fourth-order valence-corrected chi connectivity index (χ4v) is 3.24. The Balaban J connectivity index is 2.00. The van der Waals surface area contributed by atoms with Gasteiger partial charge in [0.2, 0.25) is 0 Å². The molecule has 2 unspecified atom stereocenters. The molecule has 2 rings (SSSR count). The maximum Gasteiger partial charge on any atom is 0.308 e. The number of carbonyl (C=O) groups is 1. The lowest BCUT2D eigenvalue weighted by Crippen LogP contribution is -2.32. The first-order chi connectivity index (χ1) is 7.58. The third-order valence-electron chi connectivity index (χ3n) is 3.36. The minimum atomic E-state index is -0.655. The fourth-order valence-electron chi connectivity index (χ4n) is 2.33. The van der Waals surface area contributed by atoms with Crippen LogP contribution in [0.15, 0.2) is 12.1 Å². The molecule has 88 valence electrons. The normalized spacial score (nSPS) is 26.1. The average Bonchev–Trinajstić information content (AvgIpc) is 2.76. The summed E-state index contributed by atoms with van der Waals surface area (Å²) in [4.78, 5) is 15.9. The van der Waals surface area contributed by atoms with Crippen LogP contribution in [-0.2, 0) is 11.3 Å². The van der Waals surface area contributed by atoms with E-state index in [-0.39, 0.29) is 12.0 Å². The van der Waals surface area contributed by atoms with Gasteiger partial charge in [-0.05, 0) is 38.9 Å². The van der Waals surface area contributed by atoms with Gasteiger partial charge in [0.15, 0.2) is 0 Å². The second-order valence-corrected chi connectivity index (χ2v) is 5.83. The third-order valence-corrected chi connectivity index (χ3v) is 4.34. The molecule has 2 atom stereocenters. The largest absolute Gasteiger partial charge is 0.481 e. The summed E-state index contributed by atoms with van der Waals surface area (Å²) >= 11 is 1.80. The van der Waals surface area contributed by atoms with Crippen LogP contribution in [0, 0.1) is 12.8 Å². The Labute approximate surface area is 99.7 Å². The highest BCUT2D eigenvalue weighted by Gasteiger charge is 2.35. The van der Waals surface area contributed by atoms with Gasteiger partial charge in [-0.3, -0.25) is 9.69 Å². The van der Waals surface area contributed by atoms with E-state index in [9.17, 15) is 4.79 Å². The van der Waals surface area contributed by atoms with Crippen LogP contribution in [0.25, 0.3) is 0 Å². The lowest BCUT2D eigenvalue weighted by Gasteiger charge is -2.22. The number of carboxylic acid groups (broad SMARTS) is 1. The molecule has 4 heteroatoms. The highest BCUT2D eigenvalue weighted by atomic mass is 32.1. The summed E-state index contributed by atoms with van der Waals surface area (Å²) in [5.41, 5.74) is 0. The van der Waals surface area contributed by atoms with Crippen molar-refractivity contribution in [2.75, 3.05) is 6.54 Å². The molecule has 0 aromatic carbocycles. The average molecular weight is 239 g/mol. The monoisotopic (exact) mass is 239 g/mol. The third kappa shape index (κ3) is 2.28. The predicted molar refractivity (Wildman–Crippen MR) is 64.7 cm³/mol. The zero-order chi connectivity index (χ0) is 11.7. The van der Waals surface area contributed by atoms with Crippen LogP contribution in [0.3, 0.4) is 0 Å². The summed E-state index contributed by atoms with van der Waals surface area (Å²) in [7, 11) is 0. The van der Waals surface area contributed by atoms with E-state index >= 15 is 0 Å². The number of rotatable bonds is 3. The molecule has 1 aromatic heterocycles. The number of nitrogens with zero attached hydrogens (tertiary/aromatic N) is 1. The number of aliphatic carboxylic acids is 1. The predicted octanol–water partition coefficient (Wildman–Crippen LogP) is 2.35. The van der Waals surface area contributed by atoms with Gasteiger partial charge in [0, 0.05) is 22.3 Å². The molecule has 1 fully saturated rings. The molecule has 0 radical (unpaired) electrons. The van der Waals surface area contributed by atoms with Crippen molar-refractivity contribution in [2.24, 2.45) is 5.92 Å². The molecule has 0 amide bonds. The maximum absolute atomic E-state index is 11.0. The van der Waals surface area contributed by atoms with Gasteiger partial charge in [-0.1, -0.05) is 0 Å². The van der Waals surface area contributed by atoms with Gasteiger partial charge in [0.05, 0.1) is 5.92 Å². The van der Waals surface area contributed by atoms with Crippen molar-refractivity contribution in [1.29, 1.82) is 0 Å². The summed E-state index contributed by atoms with van der Waals surface area (Å²) in [6.07, 6.45) is 0.779. The molecule has 0 aliphatic carbocycles. The van der Waals surface area contributed by atoms with Gasteiger partial charge < -0.3 is 5.11 Å². The fraction of sp³-hybridized carbons (Fsp3) is 0.583. The molecule has 3 nitrogen and oxygen atoms in total. The minimum absolute atomic E-state index is 0.153. The van der Waals surface area contributed by atoms with E-state index in [1.807, 2.05) is 6.92 Å². The molecule has 1 saturated heterocycles. The summed E-state index contributed by atoms with van der Waals surface area (Å²) in [6.45, 7) is 5.91. The smallest absolute Gasteiger partial charge is 0.308 e. The van der Waals surface area contributed by atoms with Crippen molar-refractivity contribution in [3.05, 3.63) is 21.9 Å². The van der Waals surface area contributed by atoms with Gasteiger partial charge in [-0.25, -0.2) is 0 Å². The zero-order valence-corrected chi connectivity index (χ0v) is 10.5. The van der Waals surface area contributed by atoms with E-state index < -0.39 is 5.97 Å². The Morgan fingerprint density at radius 1 is 1.62 bits per heavy atom. The molecule has 0 spiro atoms. The molecule has 1 aliphatic rings. The summed E-state index contributed by atoms with van der Waals surface area (Å²) in [6, 6.07) is 4.41. The van der Waals surface area contributed by atoms with E-state index in [0.717, 1.165) is 19.5 Å². The summed E-state index contributed by atoms with van der Waals surface area (Å²) in [5, 5.41) is 9.05. The van der Waals surface area contributed by atoms with Crippen molar-refractivity contribution in [3.63, 3.8) is 0 Å². The van der Waals surface area contributed by atoms with Crippen molar-refractivity contribution >= 4 is 17.3 Å². The van der Waals surface area contributed by atoms with Crippen molar-refractivity contribution < 1.29 is 9.90 Å². The molecule has 0 saturated carbocycles. The minimum Gasteiger partial charge on any atom is -0.481 e. The first-order valence-corrected chi connectivity index (χ1v) is 6.41. The number of carboxylic acids is 1. The van der Waals surface area contributed by atoms with Crippen LogP contribution >= 0.6 is 11.3 Å². The molecule has 1 N–H and O–H groups in total. The van der Waals surface area contributed by atoms with Gasteiger partial charge in [0.1, 0.15) is 0 Å². The van der Waals surface area contributed by atoms with E-state index in [0.29, 0.717) is 0 Å². The first kappa shape index (κ1) is 11.6. The van der Waals surface area contributed by atoms with Crippen LogP contribution < -0.4 is 0 Å². The maximum atomic E-state index is 11.0. The Kier molecular flexibility index (Phi) is 3.30. The molecular weight excluding hydrogens is 222 g/mol. The van der Waals surface area contributed by atoms with Crippen molar-refractivity contribution in [3.8, 4) is 0 Å². The second kappa shape index (κ2) is 4.55. The van der Waals surface area contributed by atoms with Gasteiger partial charge >= 0.3 is 5.97 Å². The van der Waals surface area contributed by atoms with Gasteiger partial charge in [-0.2, -0.15) is 0 Å².